The Bertz CT molecular complexity index is 1630. The minimum absolute atomic E-state index is 0.0268. The standard InChI is InChI=1S/C27H27ClF3N7OS/c28-17-10-16-21(20(31)19(17)15-2-3-18(30)23-22(15)34-25(32)40-23)35-26(36-24(16)37-8-5-33-6-9-37)39-13-27-4-1-7-38(27)12-14(29)11-27/h2-3,10,14,33H,1,4-9,11-13H2,(H2,32,34)/t14-,27+/m1/s1. The molecular formula is C27H27ClF3N7OS. The van der Waals surface area contributed by atoms with Gasteiger partial charge in [-0.25, -0.2) is 18.2 Å². The van der Waals surface area contributed by atoms with Crippen LogP contribution in [0, 0.1) is 11.6 Å². The number of piperazine rings is 1. The molecule has 0 aliphatic carbocycles. The van der Waals surface area contributed by atoms with Gasteiger partial charge in [-0.05, 0) is 37.6 Å². The second-order valence-electron chi connectivity index (χ2n) is 10.7. The molecule has 3 saturated heterocycles. The van der Waals surface area contributed by atoms with E-state index in [-0.39, 0.29) is 44.1 Å². The highest BCUT2D eigenvalue weighted by atomic mass is 35.5. The normalized spacial score (nSPS) is 23.4. The average molecular weight is 590 g/mol. The van der Waals surface area contributed by atoms with Crippen LogP contribution in [0.25, 0.3) is 32.2 Å². The highest BCUT2D eigenvalue weighted by molar-refractivity contribution is 7.22. The summed E-state index contributed by atoms with van der Waals surface area (Å²) in [7, 11) is 0. The molecule has 2 atom stereocenters. The third-order valence-electron chi connectivity index (χ3n) is 8.27. The second-order valence-corrected chi connectivity index (χ2v) is 12.1. The third kappa shape index (κ3) is 4.23. The molecule has 3 aliphatic heterocycles. The maximum atomic E-state index is 16.5. The number of halogens is 4. The van der Waals surface area contributed by atoms with Crippen molar-refractivity contribution in [1.29, 1.82) is 0 Å². The monoisotopic (exact) mass is 589 g/mol. The molecule has 3 N–H and O–H groups in total. The third-order valence-corrected chi connectivity index (χ3v) is 9.46. The SMILES string of the molecule is Nc1nc2c(-c3c(Cl)cc4c(N5CCNCC5)nc(OC[C@@]56CCCN5C[C@H](F)C6)nc4c3F)ccc(F)c2s1. The van der Waals surface area contributed by atoms with Gasteiger partial charge in [-0.2, -0.15) is 9.97 Å². The predicted octanol–water partition coefficient (Wildman–Crippen LogP) is 4.79. The number of nitrogens with zero attached hydrogens (tertiary/aromatic N) is 5. The molecule has 40 heavy (non-hydrogen) atoms. The molecule has 0 unspecified atom stereocenters. The number of ether oxygens (including phenoxy) is 1. The number of nitrogens with one attached hydrogen (secondary N) is 1. The van der Waals surface area contributed by atoms with E-state index in [9.17, 15) is 8.78 Å². The van der Waals surface area contributed by atoms with E-state index >= 15 is 4.39 Å². The lowest BCUT2D eigenvalue weighted by Crippen LogP contribution is -2.44. The van der Waals surface area contributed by atoms with Crippen molar-refractivity contribution in [3.63, 3.8) is 0 Å². The van der Waals surface area contributed by atoms with E-state index in [2.05, 4.69) is 20.2 Å². The van der Waals surface area contributed by atoms with Gasteiger partial charge in [0, 0.05) is 55.7 Å². The largest absolute Gasteiger partial charge is 0.461 e. The van der Waals surface area contributed by atoms with Crippen LogP contribution >= 0.6 is 22.9 Å². The number of aromatic nitrogens is 3. The summed E-state index contributed by atoms with van der Waals surface area (Å²) in [5, 5.41) is 4.05. The summed E-state index contributed by atoms with van der Waals surface area (Å²) in [6.45, 7) is 4.25. The molecule has 0 radical (unpaired) electrons. The van der Waals surface area contributed by atoms with Gasteiger partial charge in [-0.3, -0.25) is 4.90 Å². The van der Waals surface area contributed by atoms with Crippen LogP contribution in [0.3, 0.4) is 0 Å². The Morgan fingerprint density at radius 1 is 1.15 bits per heavy atom. The van der Waals surface area contributed by atoms with Crippen LogP contribution in [0.1, 0.15) is 19.3 Å². The van der Waals surface area contributed by atoms with Crippen molar-refractivity contribution in [1.82, 2.24) is 25.2 Å². The van der Waals surface area contributed by atoms with Gasteiger partial charge in [-0.1, -0.05) is 22.9 Å². The summed E-state index contributed by atoms with van der Waals surface area (Å²) < 4.78 is 51.7. The van der Waals surface area contributed by atoms with E-state index < -0.39 is 23.3 Å². The fourth-order valence-corrected chi connectivity index (χ4v) is 7.49. The van der Waals surface area contributed by atoms with Crippen molar-refractivity contribution in [3.05, 3.63) is 34.9 Å². The summed E-state index contributed by atoms with van der Waals surface area (Å²) >= 11 is 7.70. The lowest BCUT2D eigenvalue weighted by Gasteiger charge is -2.32. The summed E-state index contributed by atoms with van der Waals surface area (Å²) in [5.74, 6) is -0.658. The number of anilines is 2. The Kier molecular flexibility index (Phi) is 6.41. The van der Waals surface area contributed by atoms with Gasteiger partial charge in [-0.15, -0.1) is 0 Å². The fourth-order valence-electron chi connectivity index (χ4n) is 6.43. The Balaban J connectivity index is 1.36. The molecule has 7 rings (SSSR count). The molecule has 210 valence electrons. The van der Waals surface area contributed by atoms with Crippen LogP contribution in [0.2, 0.25) is 5.02 Å². The first-order chi connectivity index (χ1) is 19.3. The van der Waals surface area contributed by atoms with Gasteiger partial charge in [0.05, 0.1) is 20.8 Å². The highest BCUT2D eigenvalue weighted by Crippen LogP contribution is 2.43. The van der Waals surface area contributed by atoms with Gasteiger partial charge in [0.25, 0.3) is 0 Å². The number of fused-ring (bicyclic) bond motifs is 3. The molecule has 0 bridgehead atoms. The summed E-state index contributed by atoms with van der Waals surface area (Å²) in [6.07, 6.45) is 1.31. The molecule has 0 spiro atoms. The number of alkyl halides is 1. The van der Waals surface area contributed by atoms with Crippen LogP contribution in [-0.2, 0) is 0 Å². The molecule has 0 amide bonds. The topological polar surface area (TPSA) is 92.4 Å². The number of nitrogen functional groups attached to an aromatic ring is 1. The fraction of sp³-hybridized carbons (Fsp3) is 0.444. The molecule has 5 heterocycles. The van der Waals surface area contributed by atoms with E-state index in [4.69, 9.17) is 27.1 Å². The average Bonchev–Trinajstić information content (AvgIpc) is 3.61. The molecule has 4 aromatic rings. The van der Waals surface area contributed by atoms with E-state index in [0.717, 1.165) is 43.8 Å². The van der Waals surface area contributed by atoms with Crippen LogP contribution in [-0.4, -0.2) is 77.4 Å². The van der Waals surface area contributed by atoms with E-state index in [0.29, 0.717) is 42.8 Å². The smallest absolute Gasteiger partial charge is 0.319 e. The molecule has 13 heteroatoms. The number of rotatable bonds is 5. The highest BCUT2D eigenvalue weighted by Gasteiger charge is 2.49. The maximum Gasteiger partial charge on any atom is 0.319 e. The quantitative estimate of drug-likeness (QED) is 0.344. The summed E-state index contributed by atoms with van der Waals surface area (Å²) in [6, 6.07) is 4.37. The number of benzene rings is 2. The molecule has 2 aromatic carbocycles. The Morgan fingerprint density at radius 2 is 1.98 bits per heavy atom. The zero-order chi connectivity index (χ0) is 27.6. The number of nitrogens with two attached hydrogens (primary N) is 1. The number of hydrogen-bond acceptors (Lipinski definition) is 9. The van der Waals surface area contributed by atoms with Gasteiger partial charge in [0.15, 0.2) is 10.9 Å². The van der Waals surface area contributed by atoms with Crippen molar-refractivity contribution >= 4 is 55.0 Å². The molecule has 3 fully saturated rings. The van der Waals surface area contributed by atoms with Crippen molar-refractivity contribution < 1.29 is 17.9 Å². The van der Waals surface area contributed by atoms with Crippen molar-refractivity contribution in [2.24, 2.45) is 0 Å². The van der Waals surface area contributed by atoms with Gasteiger partial charge >= 0.3 is 6.01 Å². The number of hydrogen-bond donors (Lipinski definition) is 2. The lowest BCUT2D eigenvalue weighted by atomic mass is 9.95. The number of thiazole rings is 1. The zero-order valence-corrected chi connectivity index (χ0v) is 23.1. The molecular weight excluding hydrogens is 563 g/mol. The Hall–Kier alpha value is -2.93. The zero-order valence-electron chi connectivity index (χ0n) is 21.5. The van der Waals surface area contributed by atoms with Crippen LogP contribution in [0.5, 0.6) is 6.01 Å². The van der Waals surface area contributed by atoms with Crippen molar-refractivity contribution in [2.45, 2.75) is 31.0 Å². The van der Waals surface area contributed by atoms with Crippen molar-refractivity contribution in [2.75, 3.05) is 56.5 Å². The lowest BCUT2D eigenvalue weighted by molar-refractivity contribution is 0.107. The Morgan fingerprint density at radius 3 is 2.80 bits per heavy atom. The summed E-state index contributed by atoms with van der Waals surface area (Å²) in [4.78, 5) is 17.7. The first-order valence-electron chi connectivity index (χ1n) is 13.4. The minimum Gasteiger partial charge on any atom is -0.461 e. The first kappa shape index (κ1) is 26.0. The maximum absolute atomic E-state index is 16.5. The van der Waals surface area contributed by atoms with Gasteiger partial charge < -0.3 is 20.7 Å². The minimum atomic E-state index is -0.896. The predicted molar refractivity (Wildman–Crippen MR) is 151 cm³/mol. The van der Waals surface area contributed by atoms with Crippen LogP contribution in [0.15, 0.2) is 18.2 Å². The first-order valence-corrected chi connectivity index (χ1v) is 14.5. The molecule has 3 aliphatic rings. The van der Waals surface area contributed by atoms with E-state index in [1.54, 1.807) is 6.07 Å². The Labute approximate surface area is 237 Å². The summed E-state index contributed by atoms with van der Waals surface area (Å²) in [5.41, 5.74) is 6.10. The van der Waals surface area contributed by atoms with Gasteiger partial charge in [0.2, 0.25) is 0 Å². The van der Waals surface area contributed by atoms with E-state index in [1.807, 2.05) is 4.90 Å². The second kappa shape index (κ2) is 9.86. The van der Waals surface area contributed by atoms with Crippen LogP contribution in [0.4, 0.5) is 24.1 Å². The molecule has 2 aromatic heterocycles. The molecule has 8 nitrogen and oxygen atoms in total. The van der Waals surface area contributed by atoms with Crippen molar-refractivity contribution in [3.8, 4) is 17.1 Å². The molecule has 0 saturated carbocycles. The van der Waals surface area contributed by atoms with E-state index in [1.165, 1.54) is 12.1 Å². The van der Waals surface area contributed by atoms with Crippen LogP contribution < -0.4 is 20.7 Å². The van der Waals surface area contributed by atoms with Gasteiger partial charge in [0.1, 0.15) is 29.9 Å².